The highest BCUT2D eigenvalue weighted by molar-refractivity contribution is 5.96. The number of carbonyl (C=O) groups is 2. The van der Waals surface area contributed by atoms with Crippen LogP contribution in [0.1, 0.15) is 70.6 Å². The van der Waals surface area contributed by atoms with E-state index < -0.39 is 6.09 Å². The maximum Gasteiger partial charge on any atom is 0.404 e. The highest BCUT2D eigenvalue weighted by Gasteiger charge is 2.34. The van der Waals surface area contributed by atoms with Crippen LogP contribution in [0.3, 0.4) is 0 Å². The summed E-state index contributed by atoms with van der Waals surface area (Å²) in [6.07, 6.45) is 6.10. The number of rotatable bonds is 10. The van der Waals surface area contributed by atoms with Gasteiger partial charge in [0, 0.05) is 44.2 Å². The summed E-state index contributed by atoms with van der Waals surface area (Å²) in [5.41, 5.74) is 9.54. The number of nitriles is 1. The molecule has 0 radical (unpaired) electrons. The summed E-state index contributed by atoms with van der Waals surface area (Å²) in [4.78, 5) is 31.4. The van der Waals surface area contributed by atoms with Gasteiger partial charge in [0.1, 0.15) is 5.82 Å². The van der Waals surface area contributed by atoms with Crippen LogP contribution in [-0.4, -0.2) is 85.7 Å². The van der Waals surface area contributed by atoms with Crippen molar-refractivity contribution in [1.29, 1.82) is 5.26 Å². The Hall–Kier alpha value is -3.48. The fraction of sp³-hybridized carbons (Fsp3) is 0.545. The Morgan fingerprint density at radius 2 is 1.86 bits per heavy atom. The van der Waals surface area contributed by atoms with Crippen molar-refractivity contribution in [3.05, 3.63) is 70.0 Å². The van der Waals surface area contributed by atoms with E-state index in [1.54, 1.807) is 11.0 Å². The number of hydrogen-bond acceptors (Lipinski definition) is 6. The van der Waals surface area contributed by atoms with Gasteiger partial charge in [-0.15, -0.1) is 0 Å². The SMILES string of the molecule is CN(CC(CCN1CC(N2CCC(COC(N)=O)CC2)C1)c1ccc(F)cc1)C(=O)c1cc(C#N)cc2c1CCCC2. The predicted molar refractivity (Wildman–Crippen MR) is 159 cm³/mol. The largest absolute Gasteiger partial charge is 0.449 e. The Kier molecular flexibility index (Phi) is 9.76. The molecule has 2 fully saturated rings. The third kappa shape index (κ3) is 7.29. The highest BCUT2D eigenvalue weighted by atomic mass is 19.1. The number of primary amides is 1. The van der Waals surface area contributed by atoms with Crippen LogP contribution in [0, 0.1) is 23.1 Å². The Balaban J connectivity index is 1.18. The number of piperidine rings is 1. The number of nitrogens with zero attached hydrogens (tertiary/aromatic N) is 4. The fourth-order valence-corrected chi connectivity index (χ4v) is 6.82. The molecule has 3 aliphatic rings. The normalized spacial score (nSPS) is 18.9. The van der Waals surface area contributed by atoms with Crippen LogP contribution in [0.2, 0.25) is 0 Å². The van der Waals surface area contributed by atoms with Gasteiger partial charge in [0.05, 0.1) is 18.2 Å². The zero-order valence-electron chi connectivity index (χ0n) is 24.6. The first kappa shape index (κ1) is 30.0. The summed E-state index contributed by atoms with van der Waals surface area (Å²) in [6.45, 7) is 5.88. The number of ether oxygens (including phenoxy) is 1. The van der Waals surface area contributed by atoms with Crippen molar-refractivity contribution < 1.29 is 18.7 Å². The summed E-state index contributed by atoms with van der Waals surface area (Å²) in [5.74, 6) is 0.131. The van der Waals surface area contributed by atoms with E-state index in [0.717, 1.165) is 94.4 Å². The van der Waals surface area contributed by atoms with Crippen molar-refractivity contribution in [3.63, 3.8) is 0 Å². The van der Waals surface area contributed by atoms with Crippen molar-refractivity contribution in [3.8, 4) is 6.07 Å². The molecule has 224 valence electrons. The van der Waals surface area contributed by atoms with Crippen molar-refractivity contribution in [1.82, 2.24) is 14.7 Å². The molecule has 2 N–H and O–H groups in total. The number of aryl methyl sites for hydroxylation is 1. The maximum atomic E-state index is 13.8. The van der Waals surface area contributed by atoms with E-state index in [9.17, 15) is 19.2 Å². The molecule has 42 heavy (non-hydrogen) atoms. The second kappa shape index (κ2) is 13.7. The molecule has 2 heterocycles. The Morgan fingerprint density at radius 3 is 2.55 bits per heavy atom. The van der Waals surface area contributed by atoms with Crippen LogP contribution < -0.4 is 5.73 Å². The number of nitrogens with two attached hydrogens (primary N) is 1. The quantitative estimate of drug-likeness (QED) is 0.453. The summed E-state index contributed by atoms with van der Waals surface area (Å²) in [7, 11) is 1.84. The minimum absolute atomic E-state index is 0.0500. The van der Waals surface area contributed by atoms with Gasteiger partial charge in [-0.25, -0.2) is 9.18 Å². The summed E-state index contributed by atoms with van der Waals surface area (Å²) < 4.78 is 18.8. The van der Waals surface area contributed by atoms with E-state index in [1.807, 2.05) is 25.2 Å². The lowest BCUT2D eigenvalue weighted by atomic mass is 9.86. The number of hydrogen-bond donors (Lipinski definition) is 1. The zero-order chi connectivity index (χ0) is 29.6. The average molecular weight is 576 g/mol. The van der Waals surface area contributed by atoms with Gasteiger partial charge < -0.3 is 20.3 Å². The van der Waals surface area contributed by atoms with E-state index in [-0.39, 0.29) is 17.6 Å². The van der Waals surface area contributed by atoms with E-state index in [1.165, 1.54) is 12.1 Å². The fourth-order valence-electron chi connectivity index (χ4n) is 6.82. The molecule has 1 aliphatic carbocycles. The van der Waals surface area contributed by atoms with Crippen LogP contribution in [0.4, 0.5) is 9.18 Å². The van der Waals surface area contributed by atoms with Gasteiger partial charge in [-0.2, -0.15) is 5.26 Å². The molecule has 0 saturated carbocycles. The third-order valence-electron chi connectivity index (χ3n) is 9.37. The molecule has 5 rings (SSSR count). The third-order valence-corrected chi connectivity index (χ3v) is 9.37. The summed E-state index contributed by atoms with van der Waals surface area (Å²) in [5, 5.41) is 9.57. The molecule has 0 bridgehead atoms. The molecular formula is C33H42FN5O3. The van der Waals surface area contributed by atoms with Crippen LogP contribution in [0.15, 0.2) is 36.4 Å². The summed E-state index contributed by atoms with van der Waals surface area (Å²) in [6, 6.07) is 13.1. The zero-order valence-corrected chi connectivity index (χ0v) is 24.6. The molecule has 2 aliphatic heterocycles. The molecule has 1 unspecified atom stereocenters. The number of likely N-dealkylation sites (tertiary alicyclic amines) is 2. The Bertz CT molecular complexity index is 1300. The predicted octanol–water partition coefficient (Wildman–Crippen LogP) is 4.31. The van der Waals surface area contributed by atoms with Crippen LogP contribution in [0.25, 0.3) is 0 Å². The minimum Gasteiger partial charge on any atom is -0.449 e. The van der Waals surface area contributed by atoms with Gasteiger partial charge in [-0.1, -0.05) is 12.1 Å². The second-order valence-electron chi connectivity index (χ2n) is 12.2. The van der Waals surface area contributed by atoms with Crippen LogP contribution in [0.5, 0.6) is 0 Å². The Morgan fingerprint density at radius 1 is 1.14 bits per heavy atom. The highest BCUT2D eigenvalue weighted by Crippen LogP contribution is 2.29. The van der Waals surface area contributed by atoms with Gasteiger partial charge in [0.15, 0.2) is 0 Å². The van der Waals surface area contributed by atoms with E-state index in [2.05, 4.69) is 15.9 Å². The van der Waals surface area contributed by atoms with E-state index in [4.69, 9.17) is 10.5 Å². The lowest BCUT2D eigenvalue weighted by Gasteiger charge is -2.48. The van der Waals surface area contributed by atoms with Gasteiger partial charge in [0.2, 0.25) is 0 Å². The first-order valence-corrected chi connectivity index (χ1v) is 15.3. The standard InChI is InChI=1S/C33H42FN5O3/c1-37(32(40)31-17-24(18-35)16-26-4-2-3-5-30(26)31)19-27(25-6-8-28(34)9-7-25)12-13-38-20-29(21-38)39-14-10-23(11-15-39)22-42-33(36)41/h6-9,16-17,23,27,29H,2-5,10-15,19-22H2,1H3,(H2,36,41). The average Bonchev–Trinajstić information content (AvgIpc) is 2.98. The Labute approximate surface area is 248 Å². The van der Waals surface area contributed by atoms with Crippen molar-refractivity contribution in [2.75, 3.05) is 52.9 Å². The number of carbonyl (C=O) groups excluding carboxylic acids is 2. The number of amides is 2. The lowest BCUT2D eigenvalue weighted by molar-refractivity contribution is 0.00588. The first-order chi connectivity index (χ1) is 20.3. The van der Waals surface area contributed by atoms with Crippen molar-refractivity contribution in [2.45, 2.75) is 56.9 Å². The number of fused-ring (bicyclic) bond motifs is 1. The maximum absolute atomic E-state index is 13.8. The first-order valence-electron chi connectivity index (χ1n) is 15.3. The molecule has 1 atom stereocenters. The number of likely N-dealkylation sites (N-methyl/N-ethyl adjacent to an activating group) is 1. The molecule has 2 saturated heterocycles. The molecule has 2 amide bonds. The topological polar surface area (TPSA) is 103 Å². The molecule has 9 heteroatoms. The minimum atomic E-state index is -0.700. The molecule has 0 spiro atoms. The summed E-state index contributed by atoms with van der Waals surface area (Å²) >= 11 is 0. The van der Waals surface area contributed by atoms with Crippen LogP contribution >= 0.6 is 0 Å². The van der Waals surface area contributed by atoms with Gasteiger partial charge in [0.25, 0.3) is 5.91 Å². The molecule has 2 aromatic carbocycles. The van der Waals surface area contributed by atoms with Gasteiger partial charge in [-0.05, 0) is 111 Å². The monoisotopic (exact) mass is 575 g/mol. The van der Waals surface area contributed by atoms with Crippen LogP contribution in [-0.2, 0) is 17.6 Å². The van der Waals surface area contributed by atoms with Gasteiger partial charge >= 0.3 is 6.09 Å². The van der Waals surface area contributed by atoms with E-state index in [0.29, 0.717) is 36.2 Å². The van der Waals surface area contributed by atoms with Crippen molar-refractivity contribution >= 4 is 12.0 Å². The smallest absolute Gasteiger partial charge is 0.404 e. The number of benzene rings is 2. The molecule has 2 aromatic rings. The number of halogens is 1. The molecule has 0 aromatic heterocycles. The molecule has 8 nitrogen and oxygen atoms in total. The van der Waals surface area contributed by atoms with Crippen molar-refractivity contribution in [2.24, 2.45) is 11.7 Å². The molecular weight excluding hydrogens is 533 g/mol. The van der Waals surface area contributed by atoms with Gasteiger partial charge in [-0.3, -0.25) is 9.69 Å². The second-order valence-corrected chi connectivity index (χ2v) is 12.2. The van der Waals surface area contributed by atoms with E-state index >= 15 is 0 Å². The lowest BCUT2D eigenvalue weighted by Crippen LogP contribution is -2.61.